The Hall–Kier alpha value is -1.62. The number of nitrogens with one attached hydrogen (secondary N) is 1. The van der Waals surface area contributed by atoms with E-state index >= 15 is 0 Å². The number of carbonyl (C=O) groups excluding carboxylic acids is 1. The van der Waals surface area contributed by atoms with Crippen molar-refractivity contribution in [1.82, 2.24) is 15.2 Å². The molecule has 2 aliphatic heterocycles. The zero-order valence-corrected chi connectivity index (χ0v) is 11.0. The third-order valence-corrected chi connectivity index (χ3v) is 4.17. The summed E-state index contributed by atoms with van der Waals surface area (Å²) in [5.74, 6) is -0.108. The van der Waals surface area contributed by atoms with E-state index in [4.69, 9.17) is 5.73 Å². The van der Waals surface area contributed by atoms with Gasteiger partial charge in [0.25, 0.3) is 5.91 Å². The summed E-state index contributed by atoms with van der Waals surface area (Å²) in [5, 5.41) is 3.09. The number of anilines is 1. The summed E-state index contributed by atoms with van der Waals surface area (Å²) in [4.78, 5) is 18.7. The van der Waals surface area contributed by atoms with Gasteiger partial charge in [0.15, 0.2) is 0 Å². The van der Waals surface area contributed by atoms with Crippen LogP contribution in [0.25, 0.3) is 0 Å². The van der Waals surface area contributed by atoms with Gasteiger partial charge in [-0.15, -0.1) is 0 Å². The van der Waals surface area contributed by atoms with Gasteiger partial charge in [-0.3, -0.25) is 9.78 Å². The molecule has 3 rings (SSSR count). The number of pyridine rings is 1. The lowest BCUT2D eigenvalue weighted by Gasteiger charge is -2.35. The molecule has 3 heterocycles. The van der Waals surface area contributed by atoms with Gasteiger partial charge in [0.1, 0.15) is 5.69 Å². The van der Waals surface area contributed by atoms with Crippen molar-refractivity contribution >= 4 is 11.6 Å². The summed E-state index contributed by atoms with van der Waals surface area (Å²) in [6.07, 6.45) is 6.23. The van der Waals surface area contributed by atoms with Gasteiger partial charge in [-0.05, 0) is 44.4 Å². The summed E-state index contributed by atoms with van der Waals surface area (Å²) < 4.78 is 0. The molecule has 102 valence electrons. The summed E-state index contributed by atoms with van der Waals surface area (Å²) in [7, 11) is 0. The fraction of sp³-hybridized carbons (Fsp3) is 0.571. The number of carbonyl (C=O) groups is 1. The topological polar surface area (TPSA) is 71.2 Å². The average Bonchev–Trinajstić information content (AvgIpc) is 2.86. The second-order valence-electron chi connectivity index (χ2n) is 5.50. The van der Waals surface area contributed by atoms with Crippen LogP contribution in [-0.4, -0.2) is 41.0 Å². The lowest BCUT2D eigenvalue weighted by molar-refractivity contribution is 0.0891. The lowest BCUT2D eigenvalue weighted by atomic mass is 9.97. The van der Waals surface area contributed by atoms with Gasteiger partial charge in [0.05, 0.1) is 0 Å². The maximum absolute atomic E-state index is 12.1. The smallest absolute Gasteiger partial charge is 0.270 e. The van der Waals surface area contributed by atoms with Crippen molar-refractivity contribution in [2.24, 2.45) is 0 Å². The number of piperidine rings is 1. The van der Waals surface area contributed by atoms with Crippen molar-refractivity contribution in [3.05, 3.63) is 24.0 Å². The molecule has 0 aromatic carbocycles. The summed E-state index contributed by atoms with van der Waals surface area (Å²) in [6, 6.07) is 4.25. The van der Waals surface area contributed by atoms with Crippen molar-refractivity contribution < 1.29 is 4.79 Å². The number of nitrogens with two attached hydrogens (primary N) is 1. The summed E-state index contributed by atoms with van der Waals surface area (Å²) >= 11 is 0. The van der Waals surface area contributed by atoms with E-state index in [9.17, 15) is 4.79 Å². The van der Waals surface area contributed by atoms with Crippen molar-refractivity contribution in [1.29, 1.82) is 0 Å². The molecule has 1 aromatic rings. The number of nitrogen functional groups attached to an aromatic ring is 1. The highest BCUT2D eigenvalue weighted by Crippen LogP contribution is 2.26. The molecule has 1 aromatic heterocycles. The first-order valence-electron chi connectivity index (χ1n) is 6.99. The van der Waals surface area contributed by atoms with E-state index in [-0.39, 0.29) is 11.9 Å². The van der Waals surface area contributed by atoms with E-state index in [1.54, 1.807) is 18.3 Å². The molecule has 0 spiro atoms. The Bertz CT molecular complexity index is 476. The predicted octanol–water partition coefficient (Wildman–Crippen LogP) is 1.02. The Morgan fingerprint density at radius 2 is 2.32 bits per heavy atom. The SMILES string of the molecule is Nc1ccnc(C(=O)NC2CCN3CCCC3C2)c1. The Morgan fingerprint density at radius 1 is 1.42 bits per heavy atom. The maximum atomic E-state index is 12.1. The number of amides is 1. The minimum Gasteiger partial charge on any atom is -0.399 e. The van der Waals surface area contributed by atoms with E-state index in [0.717, 1.165) is 19.4 Å². The molecule has 3 N–H and O–H groups in total. The predicted molar refractivity (Wildman–Crippen MR) is 73.7 cm³/mol. The minimum atomic E-state index is -0.108. The van der Waals surface area contributed by atoms with Crippen LogP contribution in [0.15, 0.2) is 18.3 Å². The van der Waals surface area contributed by atoms with Gasteiger partial charge in [-0.1, -0.05) is 0 Å². The normalized spacial score (nSPS) is 26.9. The molecule has 2 unspecified atom stereocenters. The molecule has 5 heteroatoms. The summed E-state index contributed by atoms with van der Waals surface area (Å²) in [5.41, 5.74) is 6.66. The first-order valence-corrected chi connectivity index (χ1v) is 6.99. The molecule has 2 fully saturated rings. The Morgan fingerprint density at radius 3 is 3.16 bits per heavy atom. The van der Waals surface area contributed by atoms with Crippen LogP contribution in [0.2, 0.25) is 0 Å². The zero-order valence-electron chi connectivity index (χ0n) is 11.0. The van der Waals surface area contributed by atoms with Crippen molar-refractivity contribution in [2.75, 3.05) is 18.8 Å². The molecular weight excluding hydrogens is 240 g/mol. The largest absolute Gasteiger partial charge is 0.399 e. The van der Waals surface area contributed by atoms with Gasteiger partial charge in [-0.2, -0.15) is 0 Å². The lowest BCUT2D eigenvalue weighted by Crippen LogP contribution is -2.47. The van der Waals surface area contributed by atoms with Crippen molar-refractivity contribution in [2.45, 2.75) is 37.8 Å². The molecule has 0 radical (unpaired) electrons. The highest BCUT2D eigenvalue weighted by molar-refractivity contribution is 5.93. The van der Waals surface area contributed by atoms with E-state index in [2.05, 4.69) is 15.2 Å². The first-order chi connectivity index (χ1) is 9.22. The molecule has 0 bridgehead atoms. The van der Waals surface area contributed by atoms with Crippen LogP contribution < -0.4 is 11.1 Å². The number of fused-ring (bicyclic) bond motifs is 1. The fourth-order valence-electron chi connectivity index (χ4n) is 3.19. The number of nitrogens with zero attached hydrogens (tertiary/aromatic N) is 2. The molecule has 5 nitrogen and oxygen atoms in total. The number of aromatic nitrogens is 1. The van der Waals surface area contributed by atoms with Gasteiger partial charge in [-0.25, -0.2) is 0 Å². The zero-order chi connectivity index (χ0) is 13.2. The third-order valence-electron chi connectivity index (χ3n) is 4.17. The van der Waals surface area contributed by atoms with Crippen LogP contribution in [0.1, 0.15) is 36.2 Å². The molecule has 2 saturated heterocycles. The molecule has 19 heavy (non-hydrogen) atoms. The monoisotopic (exact) mass is 260 g/mol. The quantitative estimate of drug-likeness (QED) is 0.833. The Labute approximate surface area is 113 Å². The van der Waals surface area contributed by atoms with Crippen LogP contribution in [0.3, 0.4) is 0 Å². The van der Waals surface area contributed by atoms with E-state index in [1.807, 2.05) is 0 Å². The Balaban J connectivity index is 1.61. The van der Waals surface area contributed by atoms with Gasteiger partial charge in [0, 0.05) is 30.5 Å². The molecule has 0 aliphatic carbocycles. The maximum Gasteiger partial charge on any atom is 0.270 e. The fourth-order valence-corrected chi connectivity index (χ4v) is 3.19. The standard InChI is InChI=1S/C14H20N4O/c15-10-3-5-16-13(8-10)14(19)17-11-4-7-18-6-1-2-12(18)9-11/h3,5,8,11-12H,1-2,4,6-7,9H2,(H2,15,16)(H,17,19). The van der Waals surface area contributed by atoms with Crippen molar-refractivity contribution in [3.63, 3.8) is 0 Å². The van der Waals surface area contributed by atoms with E-state index in [1.165, 1.54) is 19.4 Å². The second kappa shape index (κ2) is 5.17. The highest BCUT2D eigenvalue weighted by Gasteiger charge is 2.32. The second-order valence-corrected chi connectivity index (χ2v) is 5.50. The third kappa shape index (κ3) is 2.71. The average molecular weight is 260 g/mol. The molecule has 0 saturated carbocycles. The van der Waals surface area contributed by atoms with Crippen LogP contribution in [0.5, 0.6) is 0 Å². The van der Waals surface area contributed by atoms with E-state index in [0.29, 0.717) is 17.4 Å². The van der Waals surface area contributed by atoms with Crippen LogP contribution in [0.4, 0.5) is 5.69 Å². The molecule has 2 atom stereocenters. The van der Waals surface area contributed by atoms with Crippen LogP contribution in [-0.2, 0) is 0 Å². The number of hydrogen-bond acceptors (Lipinski definition) is 4. The first kappa shape index (κ1) is 12.4. The van der Waals surface area contributed by atoms with Gasteiger partial charge >= 0.3 is 0 Å². The van der Waals surface area contributed by atoms with Gasteiger partial charge < -0.3 is 16.0 Å². The van der Waals surface area contributed by atoms with Crippen molar-refractivity contribution in [3.8, 4) is 0 Å². The minimum absolute atomic E-state index is 0.108. The van der Waals surface area contributed by atoms with Gasteiger partial charge in [0.2, 0.25) is 0 Å². The molecule has 2 aliphatic rings. The van der Waals surface area contributed by atoms with Crippen LogP contribution >= 0.6 is 0 Å². The molecular formula is C14H20N4O. The van der Waals surface area contributed by atoms with E-state index < -0.39 is 0 Å². The molecule has 1 amide bonds. The highest BCUT2D eigenvalue weighted by atomic mass is 16.1. The number of hydrogen-bond donors (Lipinski definition) is 2. The van der Waals surface area contributed by atoms with Crippen LogP contribution in [0, 0.1) is 0 Å². The Kier molecular flexibility index (Phi) is 3.38. The number of rotatable bonds is 2. The summed E-state index contributed by atoms with van der Waals surface area (Å²) in [6.45, 7) is 2.32.